The van der Waals surface area contributed by atoms with Gasteiger partial charge in [-0.2, -0.15) is 0 Å². The van der Waals surface area contributed by atoms with Gasteiger partial charge in [0.25, 0.3) is 0 Å². The highest BCUT2D eigenvalue weighted by atomic mass is 16.5. The van der Waals surface area contributed by atoms with Gasteiger partial charge in [0.15, 0.2) is 0 Å². The predicted molar refractivity (Wildman–Crippen MR) is 154 cm³/mol. The van der Waals surface area contributed by atoms with Crippen molar-refractivity contribution in [3.63, 3.8) is 0 Å². The number of aliphatic hydroxyl groups is 2. The van der Waals surface area contributed by atoms with Crippen LogP contribution in [0.2, 0.25) is 0 Å². The molecule has 39 heavy (non-hydrogen) atoms. The van der Waals surface area contributed by atoms with Crippen LogP contribution in [-0.4, -0.2) is 72.7 Å². The van der Waals surface area contributed by atoms with Gasteiger partial charge in [-0.3, -0.25) is 0 Å². The molecule has 10 nitrogen and oxygen atoms in total. The Balaban J connectivity index is -0.000000131. The second-order valence-corrected chi connectivity index (χ2v) is 7.62. The molecule has 0 radical (unpaired) electrons. The minimum absolute atomic E-state index is 0. The minimum Gasteiger partial charge on any atom is -0.463 e. The molecule has 0 rings (SSSR count). The van der Waals surface area contributed by atoms with Crippen molar-refractivity contribution in [3.8, 4) is 0 Å². The standard InChI is InChI=1S/C8H14O3.C7H12O3.C7H12O2.C6H10O2.CH4/c1-4-7(9)5-11-8(10)6(2)3;1-3-6(8)5-10-7(9)4-2;1-4-5-9-7(8)6(2)3;1-3-5-8-6(7)4-2;/h7,9H,2,4-5H2,1,3H3;4,6,8H,2-3,5H2,1H3;2,4-5H2,1,3H3;4H,2-3,5H2,1H3;1H4. The molecule has 0 heterocycles. The highest BCUT2D eigenvalue weighted by molar-refractivity contribution is 5.87. The third kappa shape index (κ3) is 39.4. The number of hydrogen-bond acceptors (Lipinski definition) is 10. The van der Waals surface area contributed by atoms with Crippen molar-refractivity contribution >= 4 is 23.9 Å². The number of carbonyl (C=O) groups excluding carboxylic acids is 4. The first-order valence-electron chi connectivity index (χ1n) is 12.4. The largest absolute Gasteiger partial charge is 0.463 e. The summed E-state index contributed by atoms with van der Waals surface area (Å²) < 4.78 is 18.5. The number of esters is 4. The summed E-state index contributed by atoms with van der Waals surface area (Å²) in [5, 5.41) is 17.9. The van der Waals surface area contributed by atoms with E-state index in [1.54, 1.807) is 13.8 Å². The molecule has 0 spiro atoms. The summed E-state index contributed by atoms with van der Waals surface area (Å²) in [6.45, 7) is 25.1. The highest BCUT2D eigenvalue weighted by Crippen LogP contribution is 1.96. The van der Waals surface area contributed by atoms with Gasteiger partial charge in [0.2, 0.25) is 0 Å². The first-order valence-corrected chi connectivity index (χ1v) is 12.4. The van der Waals surface area contributed by atoms with Gasteiger partial charge in [-0.05, 0) is 39.5 Å². The van der Waals surface area contributed by atoms with Gasteiger partial charge in [0, 0.05) is 23.3 Å². The van der Waals surface area contributed by atoms with Crippen molar-refractivity contribution < 1.29 is 48.3 Å². The quantitative estimate of drug-likeness (QED) is 0.175. The highest BCUT2D eigenvalue weighted by Gasteiger charge is 2.06. The summed E-state index contributed by atoms with van der Waals surface area (Å²) in [6, 6.07) is 0. The summed E-state index contributed by atoms with van der Waals surface area (Å²) in [7, 11) is 0. The molecule has 0 bridgehead atoms. The smallest absolute Gasteiger partial charge is 0.333 e. The predicted octanol–water partition coefficient (Wildman–Crippen LogP) is 4.64. The number of ether oxygens (including phenoxy) is 4. The van der Waals surface area contributed by atoms with Crippen LogP contribution in [0.5, 0.6) is 0 Å². The monoisotopic (exact) mass is 560 g/mol. The first-order chi connectivity index (χ1) is 17.8. The van der Waals surface area contributed by atoms with Crippen LogP contribution in [0.1, 0.15) is 74.7 Å². The fourth-order valence-corrected chi connectivity index (χ4v) is 1.35. The van der Waals surface area contributed by atoms with Gasteiger partial charge >= 0.3 is 23.9 Å². The van der Waals surface area contributed by atoms with E-state index in [0.717, 1.165) is 25.0 Å². The number of carbonyl (C=O) groups is 4. The maximum Gasteiger partial charge on any atom is 0.333 e. The van der Waals surface area contributed by atoms with E-state index in [1.165, 1.54) is 0 Å². The van der Waals surface area contributed by atoms with Crippen LogP contribution in [0.4, 0.5) is 0 Å². The molecule has 0 saturated carbocycles. The van der Waals surface area contributed by atoms with Crippen molar-refractivity contribution in [2.24, 2.45) is 0 Å². The second kappa shape index (κ2) is 32.8. The number of hydrogen-bond donors (Lipinski definition) is 2. The van der Waals surface area contributed by atoms with E-state index in [1.807, 2.05) is 27.7 Å². The van der Waals surface area contributed by atoms with Gasteiger partial charge in [-0.15, -0.1) is 0 Å². The molecule has 0 aliphatic heterocycles. The summed E-state index contributed by atoms with van der Waals surface area (Å²) in [5.41, 5.74) is 0.816. The molecule has 0 amide bonds. The van der Waals surface area contributed by atoms with E-state index < -0.39 is 24.1 Å². The number of rotatable bonds is 14. The molecule has 0 saturated heterocycles. The molecule has 0 fully saturated rings. The third-order valence-electron chi connectivity index (χ3n) is 3.68. The SMILES string of the molecule is C.C=C(C)C(=O)OCC(O)CC.C=C(C)C(=O)OCCC.C=CC(=O)OCC(O)CC.C=CC(=O)OCCC. The van der Waals surface area contributed by atoms with E-state index in [-0.39, 0.29) is 32.6 Å². The molecule has 2 atom stereocenters. The topological polar surface area (TPSA) is 146 Å². The number of aliphatic hydroxyl groups excluding tert-OH is 2. The Morgan fingerprint density at radius 3 is 1.33 bits per heavy atom. The fourth-order valence-electron chi connectivity index (χ4n) is 1.35. The molecule has 0 aliphatic rings. The van der Waals surface area contributed by atoms with Gasteiger partial charge in [-0.1, -0.05) is 61.4 Å². The summed E-state index contributed by atoms with van der Waals surface area (Å²) >= 11 is 0. The van der Waals surface area contributed by atoms with E-state index in [0.29, 0.717) is 37.2 Å². The van der Waals surface area contributed by atoms with Crippen LogP contribution in [0.25, 0.3) is 0 Å². The molecule has 0 aromatic carbocycles. The maximum atomic E-state index is 10.7. The van der Waals surface area contributed by atoms with E-state index in [4.69, 9.17) is 14.9 Å². The van der Waals surface area contributed by atoms with E-state index in [2.05, 4.69) is 40.5 Å². The molecule has 2 N–H and O–H groups in total. The van der Waals surface area contributed by atoms with Crippen LogP contribution in [0.3, 0.4) is 0 Å². The molecular weight excluding hydrogens is 508 g/mol. The molecule has 0 aliphatic carbocycles. The van der Waals surface area contributed by atoms with Gasteiger partial charge in [0.05, 0.1) is 25.4 Å². The van der Waals surface area contributed by atoms with Gasteiger partial charge in [-0.25, -0.2) is 19.2 Å². The van der Waals surface area contributed by atoms with Crippen LogP contribution in [0.15, 0.2) is 49.6 Å². The second-order valence-electron chi connectivity index (χ2n) is 7.62. The van der Waals surface area contributed by atoms with E-state index >= 15 is 0 Å². The van der Waals surface area contributed by atoms with E-state index in [9.17, 15) is 19.2 Å². The average Bonchev–Trinajstić information content (AvgIpc) is 2.91. The average molecular weight is 561 g/mol. The van der Waals surface area contributed by atoms with Crippen molar-refractivity contribution in [1.29, 1.82) is 0 Å². The summed E-state index contributed by atoms with van der Waals surface area (Å²) in [6.07, 6.45) is 4.02. The molecule has 228 valence electrons. The van der Waals surface area contributed by atoms with Crippen LogP contribution < -0.4 is 0 Å². The van der Waals surface area contributed by atoms with Gasteiger partial charge in [0.1, 0.15) is 13.2 Å². The zero-order chi connectivity index (χ0) is 30.5. The zero-order valence-electron chi connectivity index (χ0n) is 24.0. The lowest BCUT2D eigenvalue weighted by molar-refractivity contribution is -0.142. The lowest BCUT2D eigenvalue weighted by atomic mass is 10.3. The Labute approximate surface area is 235 Å². The summed E-state index contributed by atoms with van der Waals surface area (Å²) in [5.74, 6) is -1.58. The lowest BCUT2D eigenvalue weighted by Crippen LogP contribution is -2.17. The zero-order valence-corrected chi connectivity index (χ0v) is 24.0. The van der Waals surface area contributed by atoms with Crippen LogP contribution >= 0.6 is 0 Å². The summed E-state index contributed by atoms with van der Waals surface area (Å²) in [4.78, 5) is 41.9. The first kappa shape index (κ1) is 45.7. The van der Waals surface area contributed by atoms with Crippen molar-refractivity contribution in [2.75, 3.05) is 26.4 Å². The fraction of sp³-hybridized carbons (Fsp3) is 0.586. The Kier molecular flexibility index (Phi) is 38.4. The van der Waals surface area contributed by atoms with Crippen LogP contribution in [-0.2, 0) is 38.1 Å². The normalized spacial score (nSPS) is 10.3. The van der Waals surface area contributed by atoms with Crippen LogP contribution in [0, 0.1) is 0 Å². The molecule has 0 aromatic heterocycles. The van der Waals surface area contributed by atoms with Crippen molar-refractivity contribution in [3.05, 3.63) is 49.6 Å². The van der Waals surface area contributed by atoms with Crippen molar-refractivity contribution in [1.82, 2.24) is 0 Å². The minimum atomic E-state index is -0.557. The molecule has 0 aromatic rings. The molecule has 10 heteroatoms. The Hall–Kier alpha value is -3.24. The lowest BCUT2D eigenvalue weighted by Gasteiger charge is -2.07. The molecule has 2 unspecified atom stereocenters. The maximum absolute atomic E-state index is 10.7. The molecular formula is C29H52O10. The Morgan fingerprint density at radius 1 is 0.667 bits per heavy atom. The third-order valence-corrected chi connectivity index (χ3v) is 3.68. The Bertz CT molecular complexity index is 713. The van der Waals surface area contributed by atoms with Gasteiger partial charge < -0.3 is 29.2 Å². The van der Waals surface area contributed by atoms with Crippen molar-refractivity contribution in [2.45, 2.75) is 86.9 Å². The Morgan fingerprint density at radius 2 is 1.00 bits per heavy atom.